The summed E-state index contributed by atoms with van der Waals surface area (Å²) < 4.78 is 0. The normalized spacial score (nSPS) is 21.0. The number of nitrogens with zero attached hydrogens (tertiary/aromatic N) is 3. The number of carbonyl (C=O) groups is 1. The van der Waals surface area contributed by atoms with E-state index in [0.29, 0.717) is 5.92 Å². The monoisotopic (exact) mass is 235 g/mol. The first-order valence-corrected chi connectivity index (χ1v) is 5.97. The fraction of sp³-hybridized carbons (Fsp3) is 0.583. The van der Waals surface area contributed by atoms with Crippen molar-refractivity contribution in [1.82, 2.24) is 9.97 Å². The molecule has 0 amide bonds. The molecule has 0 radical (unpaired) electrons. The van der Waals surface area contributed by atoms with Gasteiger partial charge in [0, 0.05) is 13.1 Å². The Bertz CT molecular complexity index is 391. The van der Waals surface area contributed by atoms with Gasteiger partial charge in [0.2, 0.25) is 0 Å². The van der Waals surface area contributed by atoms with Crippen molar-refractivity contribution in [2.75, 3.05) is 18.0 Å². The lowest BCUT2D eigenvalue weighted by Crippen LogP contribution is -2.28. The van der Waals surface area contributed by atoms with Crippen molar-refractivity contribution in [2.24, 2.45) is 5.92 Å². The van der Waals surface area contributed by atoms with Crippen LogP contribution in [0.4, 0.5) is 5.82 Å². The van der Waals surface area contributed by atoms with E-state index in [2.05, 4.69) is 21.8 Å². The van der Waals surface area contributed by atoms with E-state index in [1.807, 2.05) is 0 Å². The molecule has 5 heteroatoms. The van der Waals surface area contributed by atoms with Crippen molar-refractivity contribution >= 4 is 11.8 Å². The summed E-state index contributed by atoms with van der Waals surface area (Å²) in [4.78, 5) is 21.0. The summed E-state index contributed by atoms with van der Waals surface area (Å²) in [5.41, 5.74) is -0.00313. The molecule has 0 aromatic carbocycles. The highest BCUT2D eigenvalue weighted by Crippen LogP contribution is 2.19. The van der Waals surface area contributed by atoms with Crippen LogP contribution in [0.2, 0.25) is 0 Å². The van der Waals surface area contributed by atoms with Crippen LogP contribution in [0, 0.1) is 5.92 Å². The van der Waals surface area contributed by atoms with E-state index in [4.69, 9.17) is 5.11 Å². The molecule has 1 aliphatic rings. The molecule has 1 aromatic heterocycles. The Morgan fingerprint density at radius 1 is 1.41 bits per heavy atom. The molecule has 2 rings (SSSR count). The fourth-order valence-corrected chi connectivity index (χ4v) is 2.16. The van der Waals surface area contributed by atoms with Gasteiger partial charge in [-0.3, -0.25) is 0 Å². The van der Waals surface area contributed by atoms with E-state index in [0.717, 1.165) is 25.3 Å². The van der Waals surface area contributed by atoms with Crippen LogP contribution in [0.15, 0.2) is 12.4 Å². The molecule has 0 saturated carbocycles. The number of rotatable bonds is 2. The van der Waals surface area contributed by atoms with Gasteiger partial charge in [0.1, 0.15) is 5.82 Å². The summed E-state index contributed by atoms with van der Waals surface area (Å²) in [5, 5.41) is 8.76. The van der Waals surface area contributed by atoms with Gasteiger partial charge in [0.15, 0.2) is 5.69 Å². The Hall–Kier alpha value is -1.65. The number of carboxylic acid groups (broad SMARTS) is 1. The molecule has 0 spiro atoms. The predicted molar refractivity (Wildman–Crippen MR) is 64.2 cm³/mol. The molecule has 1 saturated heterocycles. The van der Waals surface area contributed by atoms with Gasteiger partial charge < -0.3 is 10.0 Å². The van der Waals surface area contributed by atoms with Gasteiger partial charge in [-0.2, -0.15) is 0 Å². The number of hydrogen-bond donors (Lipinski definition) is 1. The topological polar surface area (TPSA) is 66.3 Å². The van der Waals surface area contributed by atoms with E-state index in [1.165, 1.54) is 19.0 Å². The van der Waals surface area contributed by atoms with E-state index in [1.54, 1.807) is 6.20 Å². The predicted octanol–water partition coefficient (Wildman–Crippen LogP) is 1.80. The van der Waals surface area contributed by atoms with Gasteiger partial charge in [-0.25, -0.2) is 14.8 Å². The molecule has 17 heavy (non-hydrogen) atoms. The van der Waals surface area contributed by atoms with E-state index < -0.39 is 5.97 Å². The number of aromatic carboxylic acids is 1. The van der Waals surface area contributed by atoms with Gasteiger partial charge in [-0.05, 0) is 18.8 Å². The van der Waals surface area contributed by atoms with Crippen LogP contribution >= 0.6 is 0 Å². The highest BCUT2D eigenvalue weighted by Gasteiger charge is 2.16. The lowest BCUT2D eigenvalue weighted by molar-refractivity contribution is 0.0690. The summed E-state index contributed by atoms with van der Waals surface area (Å²) >= 11 is 0. The molecule has 1 N–H and O–H groups in total. The number of hydrogen-bond acceptors (Lipinski definition) is 4. The van der Waals surface area contributed by atoms with Gasteiger partial charge in [0.05, 0.1) is 12.4 Å². The largest absolute Gasteiger partial charge is 0.476 e. The SMILES string of the molecule is CC1CCCCN(c2cnc(C(=O)O)cn2)C1. The first-order chi connectivity index (χ1) is 8.16. The summed E-state index contributed by atoms with van der Waals surface area (Å²) in [6, 6.07) is 0. The van der Waals surface area contributed by atoms with Crippen molar-refractivity contribution in [3.8, 4) is 0 Å². The average Bonchev–Trinajstić information content (AvgIpc) is 2.54. The third kappa shape index (κ3) is 2.93. The highest BCUT2D eigenvalue weighted by molar-refractivity contribution is 5.84. The van der Waals surface area contributed by atoms with E-state index >= 15 is 0 Å². The molecule has 1 aromatic rings. The van der Waals surface area contributed by atoms with E-state index in [-0.39, 0.29) is 5.69 Å². The highest BCUT2D eigenvalue weighted by atomic mass is 16.4. The van der Waals surface area contributed by atoms with Crippen molar-refractivity contribution in [3.63, 3.8) is 0 Å². The van der Waals surface area contributed by atoms with Crippen molar-refractivity contribution in [1.29, 1.82) is 0 Å². The molecule has 2 heterocycles. The van der Waals surface area contributed by atoms with Crippen molar-refractivity contribution < 1.29 is 9.90 Å². The Morgan fingerprint density at radius 2 is 2.24 bits per heavy atom. The zero-order chi connectivity index (χ0) is 12.3. The van der Waals surface area contributed by atoms with Crippen molar-refractivity contribution in [3.05, 3.63) is 18.1 Å². The molecule has 1 atom stereocenters. The standard InChI is InChI=1S/C12H17N3O2/c1-9-4-2-3-5-15(8-9)11-7-13-10(6-14-11)12(16)17/h6-7,9H,2-5,8H2,1H3,(H,16,17). The molecule has 5 nitrogen and oxygen atoms in total. The minimum Gasteiger partial charge on any atom is -0.476 e. The van der Waals surface area contributed by atoms with Crippen LogP contribution in [-0.4, -0.2) is 34.1 Å². The third-order valence-electron chi connectivity index (χ3n) is 3.09. The van der Waals surface area contributed by atoms with E-state index in [9.17, 15) is 4.79 Å². The average molecular weight is 235 g/mol. The Labute approximate surface area is 100 Å². The van der Waals surface area contributed by atoms with Crippen LogP contribution < -0.4 is 4.90 Å². The second-order valence-electron chi connectivity index (χ2n) is 4.61. The molecular formula is C12H17N3O2. The lowest BCUT2D eigenvalue weighted by atomic mass is 10.1. The summed E-state index contributed by atoms with van der Waals surface area (Å²) in [7, 11) is 0. The fourth-order valence-electron chi connectivity index (χ4n) is 2.16. The zero-order valence-corrected chi connectivity index (χ0v) is 9.96. The Morgan fingerprint density at radius 3 is 2.88 bits per heavy atom. The zero-order valence-electron chi connectivity index (χ0n) is 9.96. The second kappa shape index (κ2) is 5.12. The van der Waals surface area contributed by atoms with Crippen LogP contribution in [0.3, 0.4) is 0 Å². The van der Waals surface area contributed by atoms with Crippen LogP contribution in [-0.2, 0) is 0 Å². The van der Waals surface area contributed by atoms with Gasteiger partial charge >= 0.3 is 5.97 Å². The smallest absolute Gasteiger partial charge is 0.356 e. The molecule has 1 aliphatic heterocycles. The van der Waals surface area contributed by atoms with Gasteiger partial charge in [-0.15, -0.1) is 0 Å². The quantitative estimate of drug-likeness (QED) is 0.846. The second-order valence-corrected chi connectivity index (χ2v) is 4.61. The Kier molecular flexibility index (Phi) is 3.56. The number of aromatic nitrogens is 2. The minimum atomic E-state index is -1.03. The Balaban J connectivity index is 2.12. The summed E-state index contributed by atoms with van der Waals surface area (Å²) in [6.45, 7) is 4.18. The third-order valence-corrected chi connectivity index (χ3v) is 3.09. The van der Waals surface area contributed by atoms with Crippen molar-refractivity contribution in [2.45, 2.75) is 26.2 Å². The number of anilines is 1. The summed E-state index contributed by atoms with van der Waals surface area (Å²) in [6.07, 6.45) is 6.54. The maximum atomic E-state index is 10.7. The molecule has 1 fully saturated rings. The molecular weight excluding hydrogens is 218 g/mol. The molecule has 92 valence electrons. The van der Waals surface area contributed by atoms with Gasteiger partial charge in [-0.1, -0.05) is 13.3 Å². The maximum Gasteiger partial charge on any atom is 0.356 e. The molecule has 1 unspecified atom stereocenters. The first kappa shape index (κ1) is 11.8. The van der Waals surface area contributed by atoms with Gasteiger partial charge in [0.25, 0.3) is 0 Å². The van der Waals surface area contributed by atoms with Crippen LogP contribution in [0.25, 0.3) is 0 Å². The first-order valence-electron chi connectivity index (χ1n) is 5.97. The summed E-state index contributed by atoms with van der Waals surface area (Å²) in [5.74, 6) is 0.399. The minimum absolute atomic E-state index is 0.00313. The maximum absolute atomic E-state index is 10.7. The lowest BCUT2D eigenvalue weighted by Gasteiger charge is -2.23. The molecule has 0 aliphatic carbocycles. The number of carboxylic acids is 1. The molecule has 0 bridgehead atoms. The van der Waals surface area contributed by atoms with Crippen LogP contribution in [0.5, 0.6) is 0 Å². The van der Waals surface area contributed by atoms with Crippen LogP contribution in [0.1, 0.15) is 36.7 Å².